The first-order chi connectivity index (χ1) is 9.38. The summed E-state index contributed by atoms with van der Waals surface area (Å²) in [6, 6.07) is 8.52. The lowest BCUT2D eigenvalue weighted by molar-refractivity contribution is 0.304. The number of hydrogen-bond donors (Lipinski definition) is 1. The van der Waals surface area contributed by atoms with Crippen molar-refractivity contribution in [3.05, 3.63) is 30.3 Å². The van der Waals surface area contributed by atoms with Gasteiger partial charge in [-0.1, -0.05) is 18.2 Å². The normalized spacial score (nSPS) is 24.4. The Morgan fingerprint density at radius 3 is 2.50 bits per heavy atom. The van der Waals surface area contributed by atoms with Crippen LogP contribution in [0.1, 0.15) is 0 Å². The number of likely N-dealkylation sites (tertiary alicyclic amines) is 1. The maximum absolute atomic E-state index is 12.4. The molecule has 5 nitrogen and oxygen atoms in total. The molecule has 2 rings (SSSR count). The maximum Gasteiger partial charge on any atom is 0.240 e. The molecule has 1 aromatic carbocycles. The van der Waals surface area contributed by atoms with E-state index in [0.717, 1.165) is 19.6 Å². The Kier molecular flexibility index (Phi) is 4.80. The van der Waals surface area contributed by atoms with Crippen LogP contribution in [0, 0.1) is 5.92 Å². The Labute approximate surface area is 121 Å². The van der Waals surface area contributed by atoms with Gasteiger partial charge in [0.2, 0.25) is 10.0 Å². The Bertz CT molecular complexity index is 531. The van der Waals surface area contributed by atoms with E-state index in [4.69, 9.17) is 0 Å². The van der Waals surface area contributed by atoms with E-state index < -0.39 is 10.0 Å². The Morgan fingerprint density at radius 2 is 1.90 bits per heavy atom. The summed E-state index contributed by atoms with van der Waals surface area (Å²) in [6.45, 7) is 2.55. The molecule has 1 heterocycles. The lowest BCUT2D eigenvalue weighted by Gasteiger charge is -2.22. The van der Waals surface area contributed by atoms with Crippen molar-refractivity contribution in [2.75, 3.05) is 40.8 Å². The number of nitrogens with zero attached hydrogens (tertiary/aromatic N) is 2. The number of nitrogens with one attached hydrogen (secondary N) is 1. The second-order valence-corrected chi connectivity index (χ2v) is 7.50. The summed E-state index contributed by atoms with van der Waals surface area (Å²) in [5.41, 5.74) is 0. The molecule has 0 spiro atoms. The van der Waals surface area contributed by atoms with E-state index in [1.54, 1.807) is 24.3 Å². The van der Waals surface area contributed by atoms with Gasteiger partial charge < -0.3 is 9.80 Å². The largest absolute Gasteiger partial charge is 0.309 e. The van der Waals surface area contributed by atoms with E-state index in [1.807, 2.05) is 27.2 Å². The minimum atomic E-state index is -3.43. The minimum absolute atomic E-state index is 0.0346. The topological polar surface area (TPSA) is 52.6 Å². The minimum Gasteiger partial charge on any atom is -0.309 e. The highest BCUT2D eigenvalue weighted by atomic mass is 32.2. The molecule has 0 bridgehead atoms. The van der Waals surface area contributed by atoms with Crippen LogP contribution in [0.2, 0.25) is 0 Å². The molecule has 20 heavy (non-hydrogen) atoms. The molecule has 0 radical (unpaired) electrons. The van der Waals surface area contributed by atoms with Crippen molar-refractivity contribution in [1.82, 2.24) is 14.5 Å². The molecule has 2 atom stereocenters. The molecule has 0 aliphatic carbocycles. The molecule has 1 N–H and O–H groups in total. The summed E-state index contributed by atoms with van der Waals surface area (Å²) in [4.78, 5) is 4.61. The Balaban J connectivity index is 2.11. The lowest BCUT2D eigenvalue weighted by Crippen LogP contribution is -2.43. The molecular weight excluding hydrogens is 274 g/mol. The second kappa shape index (κ2) is 6.22. The van der Waals surface area contributed by atoms with Gasteiger partial charge in [-0.05, 0) is 33.3 Å². The van der Waals surface area contributed by atoms with Crippen LogP contribution in [0.4, 0.5) is 0 Å². The summed E-state index contributed by atoms with van der Waals surface area (Å²) in [5.74, 6) is 0.313. The molecular formula is C14H23N3O2S. The molecule has 0 aromatic heterocycles. The van der Waals surface area contributed by atoms with Crippen LogP contribution in [0.3, 0.4) is 0 Å². The molecule has 0 unspecified atom stereocenters. The molecule has 0 saturated carbocycles. The Morgan fingerprint density at radius 1 is 1.25 bits per heavy atom. The van der Waals surface area contributed by atoms with E-state index in [2.05, 4.69) is 14.5 Å². The Hall–Kier alpha value is -0.950. The molecule has 112 valence electrons. The fourth-order valence-corrected chi connectivity index (χ4v) is 4.06. The summed E-state index contributed by atoms with van der Waals surface area (Å²) in [7, 11) is 2.63. The van der Waals surface area contributed by atoms with Crippen molar-refractivity contribution in [2.24, 2.45) is 5.92 Å². The van der Waals surface area contributed by atoms with Gasteiger partial charge in [0.25, 0.3) is 0 Å². The summed E-state index contributed by atoms with van der Waals surface area (Å²) in [5, 5.41) is 0. The summed E-state index contributed by atoms with van der Waals surface area (Å²) < 4.78 is 27.6. The van der Waals surface area contributed by atoms with Crippen molar-refractivity contribution in [1.29, 1.82) is 0 Å². The second-order valence-electron chi connectivity index (χ2n) is 5.78. The fourth-order valence-electron chi connectivity index (χ4n) is 2.74. The van der Waals surface area contributed by atoms with Gasteiger partial charge in [0.15, 0.2) is 0 Å². The van der Waals surface area contributed by atoms with E-state index in [-0.39, 0.29) is 6.04 Å². The zero-order chi connectivity index (χ0) is 14.8. The van der Waals surface area contributed by atoms with Gasteiger partial charge in [0.1, 0.15) is 0 Å². The maximum atomic E-state index is 12.4. The van der Waals surface area contributed by atoms with E-state index in [9.17, 15) is 8.42 Å². The third-order valence-corrected chi connectivity index (χ3v) is 5.09. The first-order valence-electron chi connectivity index (χ1n) is 6.79. The standard InChI is InChI=1S/C14H23N3O2S/c1-16(2)9-12-10-17(3)11-14(12)15-20(18,19)13-7-5-4-6-8-13/h4-8,12,14-15H,9-11H2,1-3H3/t12-,14-/m1/s1. The third-order valence-electron chi connectivity index (χ3n) is 3.58. The average molecular weight is 297 g/mol. The predicted octanol–water partition coefficient (Wildman–Crippen LogP) is 0.457. The SMILES string of the molecule is CN(C)C[C@@H]1CN(C)C[C@H]1NS(=O)(=O)c1ccccc1. The third kappa shape index (κ3) is 3.79. The molecule has 1 aliphatic rings. The van der Waals surface area contributed by atoms with Gasteiger partial charge in [-0.15, -0.1) is 0 Å². The first kappa shape index (κ1) is 15.4. The lowest BCUT2D eigenvalue weighted by atomic mass is 10.0. The van der Waals surface area contributed by atoms with Gasteiger partial charge in [0, 0.05) is 31.6 Å². The fraction of sp³-hybridized carbons (Fsp3) is 0.571. The van der Waals surface area contributed by atoms with Crippen LogP contribution in [-0.4, -0.2) is 65.0 Å². The monoisotopic (exact) mass is 297 g/mol. The van der Waals surface area contributed by atoms with Crippen molar-refractivity contribution in [3.8, 4) is 0 Å². The highest BCUT2D eigenvalue weighted by molar-refractivity contribution is 7.89. The number of hydrogen-bond acceptors (Lipinski definition) is 4. The van der Waals surface area contributed by atoms with Gasteiger partial charge in [0.05, 0.1) is 4.90 Å². The van der Waals surface area contributed by atoms with Crippen LogP contribution >= 0.6 is 0 Å². The number of likely N-dealkylation sites (N-methyl/N-ethyl adjacent to an activating group) is 1. The zero-order valence-corrected chi connectivity index (χ0v) is 13.1. The summed E-state index contributed by atoms with van der Waals surface area (Å²) >= 11 is 0. The van der Waals surface area contributed by atoms with Crippen LogP contribution in [0.15, 0.2) is 35.2 Å². The first-order valence-corrected chi connectivity index (χ1v) is 8.27. The van der Waals surface area contributed by atoms with Crippen LogP contribution in [-0.2, 0) is 10.0 Å². The predicted molar refractivity (Wildman–Crippen MR) is 80.1 cm³/mol. The van der Waals surface area contributed by atoms with Crippen LogP contribution in [0.5, 0.6) is 0 Å². The summed E-state index contributed by atoms with van der Waals surface area (Å²) in [6.07, 6.45) is 0. The van der Waals surface area contributed by atoms with Gasteiger partial charge in [-0.3, -0.25) is 0 Å². The smallest absolute Gasteiger partial charge is 0.240 e. The van der Waals surface area contributed by atoms with Crippen molar-refractivity contribution >= 4 is 10.0 Å². The number of rotatable bonds is 5. The van der Waals surface area contributed by atoms with Crippen molar-refractivity contribution in [2.45, 2.75) is 10.9 Å². The van der Waals surface area contributed by atoms with Gasteiger partial charge >= 0.3 is 0 Å². The molecule has 6 heteroatoms. The molecule has 1 fully saturated rings. The molecule has 0 amide bonds. The van der Waals surface area contributed by atoms with Crippen molar-refractivity contribution in [3.63, 3.8) is 0 Å². The van der Waals surface area contributed by atoms with E-state index in [1.165, 1.54) is 0 Å². The molecule has 1 aliphatic heterocycles. The number of sulfonamides is 1. The van der Waals surface area contributed by atoms with Crippen LogP contribution < -0.4 is 4.72 Å². The number of benzene rings is 1. The van der Waals surface area contributed by atoms with Crippen molar-refractivity contribution < 1.29 is 8.42 Å². The molecule has 1 aromatic rings. The van der Waals surface area contributed by atoms with Gasteiger partial charge in [-0.2, -0.15) is 0 Å². The molecule has 1 saturated heterocycles. The van der Waals surface area contributed by atoms with Crippen LogP contribution in [0.25, 0.3) is 0 Å². The zero-order valence-electron chi connectivity index (χ0n) is 12.3. The van der Waals surface area contributed by atoms with Gasteiger partial charge in [-0.25, -0.2) is 13.1 Å². The highest BCUT2D eigenvalue weighted by Gasteiger charge is 2.34. The average Bonchev–Trinajstić information content (AvgIpc) is 2.69. The van der Waals surface area contributed by atoms with E-state index >= 15 is 0 Å². The van der Waals surface area contributed by atoms with E-state index in [0.29, 0.717) is 10.8 Å². The highest BCUT2D eigenvalue weighted by Crippen LogP contribution is 2.19. The quantitative estimate of drug-likeness (QED) is 0.858.